The molecule has 0 bridgehead atoms. The highest BCUT2D eigenvalue weighted by Crippen LogP contribution is 2.46. The van der Waals surface area contributed by atoms with E-state index in [1.54, 1.807) is 22.7 Å². The van der Waals surface area contributed by atoms with Crippen molar-refractivity contribution in [3.63, 3.8) is 0 Å². The van der Waals surface area contributed by atoms with Gasteiger partial charge < -0.3 is 13.3 Å². The van der Waals surface area contributed by atoms with Gasteiger partial charge in [0.15, 0.2) is 11.4 Å². The zero-order chi connectivity index (χ0) is 38.6. The Balaban J connectivity index is 0.959. The van der Waals surface area contributed by atoms with Crippen LogP contribution in [0.4, 0.5) is 33.0 Å². The summed E-state index contributed by atoms with van der Waals surface area (Å²) >= 11 is 3.40. The molecule has 0 spiro atoms. The zero-order valence-electron chi connectivity index (χ0n) is 30.9. The molecule has 0 N–H and O–H groups in total. The Morgan fingerprint density at radius 1 is 0.390 bits per heavy atom. The number of pyridine rings is 1. The lowest BCUT2D eigenvalue weighted by molar-refractivity contribution is 0.652. The van der Waals surface area contributed by atoms with Crippen molar-refractivity contribution in [1.82, 2.24) is 15.2 Å². The first kappa shape index (κ1) is 32.5. The molecule has 0 saturated heterocycles. The maximum Gasteiger partial charge on any atom is 0.231 e. The van der Waals surface area contributed by atoms with E-state index in [2.05, 4.69) is 119 Å². The van der Waals surface area contributed by atoms with Crippen molar-refractivity contribution in [3.05, 3.63) is 164 Å². The van der Waals surface area contributed by atoms with Crippen molar-refractivity contribution < 1.29 is 13.3 Å². The van der Waals surface area contributed by atoms with Crippen LogP contribution in [0.25, 0.3) is 86.2 Å². The number of para-hydroxylation sites is 2. The van der Waals surface area contributed by atoms with Gasteiger partial charge in [-0.15, -0.1) is 32.9 Å². The molecule has 0 aliphatic carbocycles. The van der Waals surface area contributed by atoms with Crippen LogP contribution in [0.3, 0.4) is 0 Å². The number of hydrogen-bond donors (Lipinski definition) is 0. The quantitative estimate of drug-likeness (QED) is 0.164. The van der Waals surface area contributed by atoms with Gasteiger partial charge >= 0.3 is 0 Å². The molecule has 8 nitrogen and oxygen atoms in total. The van der Waals surface area contributed by atoms with Crippen LogP contribution in [0.5, 0.6) is 0 Å². The van der Waals surface area contributed by atoms with E-state index in [0.29, 0.717) is 28.4 Å². The van der Waals surface area contributed by atoms with E-state index in [0.717, 1.165) is 81.4 Å². The van der Waals surface area contributed by atoms with E-state index in [9.17, 15) is 0 Å². The fourth-order valence-electron chi connectivity index (χ4n) is 8.26. The monoisotopic (exact) mass is 797 g/mol. The second-order valence-corrected chi connectivity index (χ2v) is 16.6. The van der Waals surface area contributed by atoms with Crippen LogP contribution in [0, 0.1) is 0 Å². The molecule has 13 aromatic rings. The molecule has 6 aromatic carbocycles. The number of anilines is 6. The second-order valence-electron chi connectivity index (χ2n) is 14.5. The van der Waals surface area contributed by atoms with E-state index < -0.39 is 0 Å². The average Bonchev–Trinajstić information content (AvgIpc) is 4.10. The highest BCUT2D eigenvalue weighted by Gasteiger charge is 2.24. The largest absolute Gasteiger partial charge is 0.456 e. The molecule has 0 atom stereocenters. The SMILES string of the molecule is c1ccc2sc(N(c3ccc4c(c3)oc3ccccc34)c3cc4oc5nc(N(c6ccc7c(c6)oc6ccccc67)c6cc7ccccc7s6)ccc5c4nn3)cc2c1. The number of hydrogen-bond acceptors (Lipinski definition) is 10. The minimum atomic E-state index is 0.469. The van der Waals surface area contributed by atoms with Crippen LogP contribution in [-0.2, 0) is 0 Å². The maximum atomic E-state index is 6.62. The van der Waals surface area contributed by atoms with Crippen molar-refractivity contribution in [2.45, 2.75) is 0 Å². The Kier molecular flexibility index (Phi) is 6.89. The predicted molar refractivity (Wildman–Crippen MR) is 242 cm³/mol. The van der Waals surface area contributed by atoms with Crippen LogP contribution >= 0.6 is 22.7 Å². The van der Waals surface area contributed by atoms with E-state index in [-0.39, 0.29) is 0 Å². The Bertz CT molecular complexity index is 3490. The number of thiophene rings is 2. The third kappa shape index (κ3) is 5.10. The van der Waals surface area contributed by atoms with Crippen molar-refractivity contribution in [1.29, 1.82) is 0 Å². The molecule has 0 aliphatic rings. The average molecular weight is 798 g/mol. The molecule has 0 fully saturated rings. The third-order valence-electron chi connectivity index (χ3n) is 11.0. The van der Waals surface area contributed by atoms with Gasteiger partial charge in [-0.2, -0.15) is 4.98 Å². The van der Waals surface area contributed by atoms with Crippen molar-refractivity contribution in [2.75, 3.05) is 9.80 Å². The smallest absolute Gasteiger partial charge is 0.231 e. The summed E-state index contributed by atoms with van der Waals surface area (Å²) in [7, 11) is 0. The van der Waals surface area contributed by atoms with Crippen LogP contribution < -0.4 is 9.80 Å². The van der Waals surface area contributed by atoms with Gasteiger partial charge in [0.25, 0.3) is 0 Å². The lowest BCUT2D eigenvalue weighted by Gasteiger charge is -2.22. The van der Waals surface area contributed by atoms with Crippen molar-refractivity contribution >= 4 is 142 Å². The molecule has 59 heavy (non-hydrogen) atoms. The van der Waals surface area contributed by atoms with Gasteiger partial charge in [-0.05, 0) is 83.6 Å². The Hall–Kier alpha value is -7.53. The van der Waals surface area contributed by atoms with Crippen LogP contribution in [0.1, 0.15) is 0 Å². The Labute approximate surface area is 342 Å². The lowest BCUT2D eigenvalue weighted by atomic mass is 10.1. The molecular formula is C49H27N5O3S2. The Morgan fingerprint density at radius 2 is 0.915 bits per heavy atom. The van der Waals surface area contributed by atoms with E-state index in [1.165, 1.54) is 9.40 Å². The van der Waals surface area contributed by atoms with Gasteiger partial charge in [-0.3, -0.25) is 9.80 Å². The fraction of sp³-hybridized carbons (Fsp3) is 0. The summed E-state index contributed by atoms with van der Waals surface area (Å²) in [4.78, 5) is 9.46. The first-order valence-corrected chi connectivity index (χ1v) is 20.8. The molecule has 13 rings (SSSR count). The standard InChI is InChI=1S/C49H27N5O3S2/c1-7-15-42-28(9-1)23-46(58-42)53(30-17-19-34-32-11-3-5-13-37(32)55-39(34)25-30)44-22-21-36-48-41(57-49(36)50-44)27-45(51-52-48)54(47-24-29-10-2-8-16-43(29)59-47)31-18-20-35-33-12-4-6-14-38(33)56-40(35)26-31/h1-27H. The predicted octanol–water partition coefficient (Wildman–Crippen LogP) is 14.9. The second kappa shape index (κ2) is 12.5. The molecule has 278 valence electrons. The van der Waals surface area contributed by atoms with Crippen LogP contribution in [0.15, 0.2) is 177 Å². The summed E-state index contributed by atoms with van der Waals surface area (Å²) in [5.41, 5.74) is 6.84. The maximum absolute atomic E-state index is 6.62. The van der Waals surface area contributed by atoms with Gasteiger partial charge in [0, 0.05) is 49.1 Å². The summed E-state index contributed by atoms with van der Waals surface area (Å²) in [5.74, 6) is 1.32. The minimum absolute atomic E-state index is 0.469. The normalized spacial score (nSPS) is 12.1. The lowest BCUT2D eigenvalue weighted by Crippen LogP contribution is -2.10. The number of rotatable bonds is 6. The molecule has 0 unspecified atom stereocenters. The first-order valence-electron chi connectivity index (χ1n) is 19.2. The highest BCUT2D eigenvalue weighted by atomic mass is 32.1. The number of nitrogens with zero attached hydrogens (tertiary/aromatic N) is 5. The van der Waals surface area contributed by atoms with Gasteiger partial charge in [0.1, 0.15) is 43.7 Å². The molecule has 0 saturated carbocycles. The fourth-order valence-corrected chi connectivity index (χ4v) is 10.5. The Morgan fingerprint density at radius 3 is 1.53 bits per heavy atom. The highest BCUT2D eigenvalue weighted by molar-refractivity contribution is 7.23. The molecule has 7 heterocycles. The minimum Gasteiger partial charge on any atom is -0.456 e. The van der Waals surface area contributed by atoms with E-state index in [1.807, 2.05) is 54.6 Å². The summed E-state index contributed by atoms with van der Waals surface area (Å²) in [5, 5.41) is 19.1. The summed E-state index contributed by atoms with van der Waals surface area (Å²) in [6, 6.07) is 56.1. The third-order valence-corrected chi connectivity index (χ3v) is 13.2. The summed E-state index contributed by atoms with van der Waals surface area (Å²) in [6.45, 7) is 0. The van der Waals surface area contributed by atoms with Crippen molar-refractivity contribution in [2.24, 2.45) is 0 Å². The van der Waals surface area contributed by atoms with Gasteiger partial charge in [-0.1, -0.05) is 72.8 Å². The molecule has 7 aromatic heterocycles. The molecule has 0 radical (unpaired) electrons. The van der Waals surface area contributed by atoms with E-state index in [4.69, 9.17) is 28.4 Å². The summed E-state index contributed by atoms with van der Waals surface area (Å²) < 4.78 is 21.7. The molecule has 0 amide bonds. The zero-order valence-corrected chi connectivity index (χ0v) is 32.5. The number of aromatic nitrogens is 3. The number of benzene rings is 6. The topological polar surface area (TPSA) is 84.6 Å². The number of fused-ring (bicyclic) bond motifs is 11. The van der Waals surface area contributed by atoms with E-state index >= 15 is 0 Å². The van der Waals surface area contributed by atoms with Gasteiger partial charge in [-0.25, -0.2) is 0 Å². The number of furan rings is 3. The van der Waals surface area contributed by atoms with Gasteiger partial charge in [0.2, 0.25) is 5.71 Å². The van der Waals surface area contributed by atoms with Crippen molar-refractivity contribution in [3.8, 4) is 0 Å². The van der Waals surface area contributed by atoms with Crippen LogP contribution in [-0.4, -0.2) is 15.2 Å². The molecule has 10 heteroatoms. The first-order chi connectivity index (χ1) is 29.2. The van der Waals surface area contributed by atoms with Gasteiger partial charge in [0.05, 0.1) is 16.8 Å². The summed E-state index contributed by atoms with van der Waals surface area (Å²) in [6.07, 6.45) is 0. The molecular weight excluding hydrogens is 771 g/mol. The molecule has 0 aliphatic heterocycles. The van der Waals surface area contributed by atoms with Crippen LogP contribution in [0.2, 0.25) is 0 Å².